The molecule has 0 fully saturated rings. The standard InChI is InChI=1S/C10H14FNO3.ClH/c1-14-6-3-8(13)10(7(12)5-11)9(4-6)15-2;/h3-4,7,13H,5,12H2,1-2H3;1H/t7-;/m0./s1. The molecule has 0 aliphatic carbocycles. The normalized spacial score (nSPS) is 11.5. The molecular formula is C10H15ClFNO3. The van der Waals surface area contributed by atoms with E-state index in [2.05, 4.69) is 0 Å². The van der Waals surface area contributed by atoms with Gasteiger partial charge in [0.25, 0.3) is 0 Å². The van der Waals surface area contributed by atoms with Crippen LogP contribution in [0, 0.1) is 0 Å². The van der Waals surface area contributed by atoms with Crippen LogP contribution in [0.25, 0.3) is 0 Å². The van der Waals surface area contributed by atoms with Gasteiger partial charge >= 0.3 is 0 Å². The summed E-state index contributed by atoms with van der Waals surface area (Å²) in [5.41, 5.74) is 5.76. The van der Waals surface area contributed by atoms with Crippen molar-refractivity contribution in [1.82, 2.24) is 0 Å². The van der Waals surface area contributed by atoms with Gasteiger partial charge in [-0.2, -0.15) is 0 Å². The second-order valence-corrected chi connectivity index (χ2v) is 3.02. The highest BCUT2D eigenvalue weighted by atomic mass is 35.5. The number of benzene rings is 1. The summed E-state index contributed by atoms with van der Waals surface area (Å²) in [6.07, 6.45) is 0. The van der Waals surface area contributed by atoms with Gasteiger partial charge in [-0.25, -0.2) is 4.39 Å². The fourth-order valence-corrected chi connectivity index (χ4v) is 1.32. The molecule has 1 aromatic carbocycles. The summed E-state index contributed by atoms with van der Waals surface area (Å²) in [6, 6.07) is 2.02. The molecule has 0 aliphatic rings. The van der Waals surface area contributed by atoms with E-state index in [1.54, 1.807) is 6.07 Å². The van der Waals surface area contributed by atoms with Crippen LogP contribution in [0.5, 0.6) is 17.2 Å². The maximum absolute atomic E-state index is 12.4. The van der Waals surface area contributed by atoms with Gasteiger partial charge in [-0.1, -0.05) is 0 Å². The summed E-state index contributed by atoms with van der Waals surface area (Å²) >= 11 is 0. The van der Waals surface area contributed by atoms with Crippen LogP contribution in [-0.4, -0.2) is 26.0 Å². The minimum absolute atomic E-state index is 0. The summed E-state index contributed by atoms with van der Waals surface area (Å²) in [4.78, 5) is 0. The summed E-state index contributed by atoms with van der Waals surface area (Å²) < 4.78 is 22.4. The lowest BCUT2D eigenvalue weighted by atomic mass is 10.1. The van der Waals surface area contributed by atoms with Crippen LogP contribution < -0.4 is 15.2 Å². The van der Waals surface area contributed by atoms with Crippen molar-refractivity contribution in [3.8, 4) is 17.2 Å². The van der Waals surface area contributed by atoms with E-state index in [1.165, 1.54) is 20.3 Å². The molecule has 3 N–H and O–H groups in total. The Bertz CT molecular complexity index is 349. The second kappa shape index (κ2) is 6.40. The Kier molecular flexibility index (Phi) is 5.92. The Morgan fingerprint density at radius 3 is 2.44 bits per heavy atom. The topological polar surface area (TPSA) is 64.7 Å². The quantitative estimate of drug-likeness (QED) is 0.857. The Morgan fingerprint density at radius 2 is 2.00 bits per heavy atom. The second-order valence-electron chi connectivity index (χ2n) is 3.02. The maximum atomic E-state index is 12.4. The number of methoxy groups -OCH3 is 2. The van der Waals surface area contributed by atoms with Crippen LogP contribution >= 0.6 is 12.4 Å². The molecule has 0 heterocycles. The zero-order valence-electron chi connectivity index (χ0n) is 9.07. The molecule has 1 aromatic rings. The minimum Gasteiger partial charge on any atom is -0.507 e. The van der Waals surface area contributed by atoms with Crippen molar-refractivity contribution in [3.05, 3.63) is 17.7 Å². The third kappa shape index (κ3) is 2.90. The number of phenols is 1. The fraction of sp³-hybridized carbons (Fsp3) is 0.400. The number of nitrogens with two attached hydrogens (primary N) is 1. The number of hydrogen-bond donors (Lipinski definition) is 2. The molecule has 6 heteroatoms. The monoisotopic (exact) mass is 251 g/mol. The van der Waals surface area contributed by atoms with Gasteiger partial charge in [0.2, 0.25) is 0 Å². The highest BCUT2D eigenvalue weighted by Gasteiger charge is 2.18. The van der Waals surface area contributed by atoms with E-state index in [1.807, 2.05) is 0 Å². The van der Waals surface area contributed by atoms with E-state index in [-0.39, 0.29) is 23.7 Å². The predicted octanol–water partition coefficient (Wildman–Crippen LogP) is 1.80. The summed E-state index contributed by atoms with van der Waals surface area (Å²) in [5, 5.41) is 9.63. The molecule has 0 aromatic heterocycles. The van der Waals surface area contributed by atoms with Crippen LogP contribution in [0.15, 0.2) is 12.1 Å². The molecule has 0 bridgehead atoms. The third-order valence-electron chi connectivity index (χ3n) is 2.09. The molecular weight excluding hydrogens is 237 g/mol. The maximum Gasteiger partial charge on any atom is 0.131 e. The van der Waals surface area contributed by atoms with Gasteiger partial charge < -0.3 is 20.3 Å². The number of halogens is 2. The van der Waals surface area contributed by atoms with Crippen LogP contribution in [0.3, 0.4) is 0 Å². The molecule has 0 saturated carbocycles. The van der Waals surface area contributed by atoms with E-state index < -0.39 is 12.7 Å². The molecule has 16 heavy (non-hydrogen) atoms. The fourth-order valence-electron chi connectivity index (χ4n) is 1.32. The molecule has 0 aliphatic heterocycles. The van der Waals surface area contributed by atoms with Crippen molar-refractivity contribution in [1.29, 1.82) is 0 Å². The molecule has 1 atom stereocenters. The zero-order valence-corrected chi connectivity index (χ0v) is 9.88. The first kappa shape index (κ1) is 14.8. The van der Waals surface area contributed by atoms with Gasteiger partial charge in [0, 0.05) is 12.1 Å². The average molecular weight is 252 g/mol. The van der Waals surface area contributed by atoms with Gasteiger partial charge in [0.15, 0.2) is 0 Å². The Morgan fingerprint density at radius 1 is 1.38 bits per heavy atom. The smallest absolute Gasteiger partial charge is 0.131 e. The first-order chi connectivity index (χ1) is 7.13. The van der Waals surface area contributed by atoms with Crippen LogP contribution in [0.1, 0.15) is 11.6 Å². The molecule has 0 unspecified atom stereocenters. The van der Waals surface area contributed by atoms with E-state index in [4.69, 9.17) is 15.2 Å². The molecule has 0 saturated heterocycles. The van der Waals surface area contributed by atoms with E-state index in [0.29, 0.717) is 11.5 Å². The first-order valence-corrected chi connectivity index (χ1v) is 4.40. The van der Waals surface area contributed by atoms with Crippen LogP contribution in [-0.2, 0) is 0 Å². The molecule has 0 radical (unpaired) electrons. The molecule has 92 valence electrons. The van der Waals surface area contributed by atoms with Crippen molar-refractivity contribution in [2.24, 2.45) is 5.73 Å². The van der Waals surface area contributed by atoms with Crippen LogP contribution in [0.2, 0.25) is 0 Å². The summed E-state index contributed by atoms with van der Waals surface area (Å²) in [6.45, 7) is -0.768. The number of rotatable bonds is 4. The first-order valence-electron chi connectivity index (χ1n) is 4.40. The average Bonchev–Trinajstić information content (AvgIpc) is 2.26. The predicted molar refractivity (Wildman–Crippen MR) is 61.4 cm³/mol. The Balaban J connectivity index is 0.00000225. The Labute approximate surface area is 99.6 Å². The molecule has 4 nitrogen and oxygen atoms in total. The van der Waals surface area contributed by atoms with Crippen molar-refractivity contribution in [2.45, 2.75) is 6.04 Å². The van der Waals surface area contributed by atoms with E-state index >= 15 is 0 Å². The van der Waals surface area contributed by atoms with Crippen molar-refractivity contribution in [3.63, 3.8) is 0 Å². The number of alkyl halides is 1. The lowest BCUT2D eigenvalue weighted by Gasteiger charge is -2.15. The van der Waals surface area contributed by atoms with E-state index in [0.717, 1.165) is 0 Å². The van der Waals surface area contributed by atoms with Gasteiger partial charge in [0.1, 0.15) is 23.9 Å². The largest absolute Gasteiger partial charge is 0.507 e. The van der Waals surface area contributed by atoms with Gasteiger partial charge in [-0.3, -0.25) is 0 Å². The highest BCUT2D eigenvalue weighted by Crippen LogP contribution is 2.36. The lowest BCUT2D eigenvalue weighted by molar-refractivity contribution is 0.362. The zero-order chi connectivity index (χ0) is 11.4. The molecule has 0 spiro atoms. The number of aromatic hydroxyl groups is 1. The highest BCUT2D eigenvalue weighted by molar-refractivity contribution is 5.85. The summed E-state index contributed by atoms with van der Waals surface area (Å²) in [7, 11) is 2.88. The number of phenolic OH excluding ortho intramolecular Hbond substituents is 1. The van der Waals surface area contributed by atoms with Gasteiger partial charge in [-0.15, -0.1) is 12.4 Å². The number of ether oxygens (including phenoxy) is 2. The lowest BCUT2D eigenvalue weighted by Crippen LogP contribution is -2.13. The van der Waals surface area contributed by atoms with Gasteiger partial charge in [-0.05, 0) is 0 Å². The van der Waals surface area contributed by atoms with Gasteiger partial charge in [0.05, 0.1) is 25.8 Å². The van der Waals surface area contributed by atoms with Crippen molar-refractivity contribution in [2.75, 3.05) is 20.9 Å². The SMILES string of the molecule is COc1cc(O)c([C@@H](N)CF)c(OC)c1.Cl. The van der Waals surface area contributed by atoms with Crippen molar-refractivity contribution < 1.29 is 19.0 Å². The Hall–Kier alpha value is -1.20. The molecule has 1 rings (SSSR count). The third-order valence-corrected chi connectivity index (χ3v) is 2.09. The van der Waals surface area contributed by atoms with Crippen LogP contribution in [0.4, 0.5) is 4.39 Å². The van der Waals surface area contributed by atoms with Crippen molar-refractivity contribution >= 4 is 12.4 Å². The number of hydrogen-bond acceptors (Lipinski definition) is 4. The van der Waals surface area contributed by atoms with E-state index in [9.17, 15) is 9.50 Å². The summed E-state index contributed by atoms with van der Waals surface area (Å²) in [5.74, 6) is 0.618. The molecule has 0 amide bonds. The minimum atomic E-state index is -0.897.